The van der Waals surface area contributed by atoms with Crippen LogP contribution in [0.4, 0.5) is 5.69 Å². The quantitative estimate of drug-likeness (QED) is 0.738. The lowest BCUT2D eigenvalue weighted by molar-refractivity contribution is 0.102. The van der Waals surface area contributed by atoms with E-state index in [1.165, 1.54) is 12.1 Å². The Morgan fingerprint density at radius 2 is 2.00 bits per heavy atom. The van der Waals surface area contributed by atoms with Gasteiger partial charge in [0.1, 0.15) is 16.7 Å². The van der Waals surface area contributed by atoms with Crippen LogP contribution in [0, 0.1) is 6.92 Å². The Hall–Kier alpha value is -2.27. The first-order valence-electron chi connectivity index (χ1n) is 5.44. The van der Waals surface area contributed by atoms with E-state index in [4.69, 9.17) is 16.7 Å². The highest BCUT2D eigenvalue weighted by Crippen LogP contribution is 2.24. The highest BCUT2D eigenvalue weighted by Gasteiger charge is 2.13. The SMILES string of the molecule is Cc1nc(Cl)ccc1NC(=O)c1ccc(O)cc1O. The molecule has 98 valence electrons. The maximum Gasteiger partial charge on any atom is 0.259 e. The molecule has 0 bridgehead atoms. The zero-order valence-corrected chi connectivity index (χ0v) is 10.8. The van der Waals surface area contributed by atoms with Crippen LogP contribution < -0.4 is 5.32 Å². The normalized spacial score (nSPS) is 10.2. The summed E-state index contributed by atoms with van der Waals surface area (Å²) in [6.45, 7) is 1.71. The molecule has 2 aromatic rings. The van der Waals surface area contributed by atoms with Crippen LogP contribution >= 0.6 is 11.6 Å². The molecule has 5 nitrogen and oxygen atoms in total. The molecule has 1 aromatic carbocycles. The minimum Gasteiger partial charge on any atom is -0.508 e. The van der Waals surface area contributed by atoms with Gasteiger partial charge in [0, 0.05) is 6.07 Å². The van der Waals surface area contributed by atoms with Gasteiger partial charge in [0.15, 0.2) is 0 Å². The number of aryl methyl sites for hydroxylation is 1. The zero-order valence-electron chi connectivity index (χ0n) is 10.0. The fourth-order valence-corrected chi connectivity index (χ4v) is 1.75. The molecule has 0 saturated carbocycles. The van der Waals surface area contributed by atoms with Gasteiger partial charge in [0.25, 0.3) is 5.91 Å². The molecule has 1 aromatic heterocycles. The first-order chi connectivity index (χ1) is 8.97. The Morgan fingerprint density at radius 1 is 1.26 bits per heavy atom. The molecule has 0 spiro atoms. The van der Waals surface area contributed by atoms with Gasteiger partial charge in [-0.05, 0) is 31.2 Å². The molecule has 0 radical (unpaired) electrons. The lowest BCUT2D eigenvalue weighted by Gasteiger charge is -2.09. The van der Waals surface area contributed by atoms with Crippen LogP contribution in [0.3, 0.4) is 0 Å². The number of amides is 1. The highest BCUT2D eigenvalue weighted by atomic mass is 35.5. The topological polar surface area (TPSA) is 82.5 Å². The van der Waals surface area contributed by atoms with Crippen molar-refractivity contribution in [2.75, 3.05) is 5.32 Å². The number of carbonyl (C=O) groups excluding carboxylic acids is 1. The second kappa shape index (κ2) is 5.16. The maximum absolute atomic E-state index is 12.0. The van der Waals surface area contributed by atoms with Crippen LogP contribution in [-0.2, 0) is 0 Å². The molecule has 0 aliphatic heterocycles. The average Bonchev–Trinajstić information content (AvgIpc) is 2.32. The summed E-state index contributed by atoms with van der Waals surface area (Å²) in [5, 5.41) is 21.7. The van der Waals surface area contributed by atoms with Crippen molar-refractivity contribution in [2.24, 2.45) is 0 Å². The number of halogens is 1. The van der Waals surface area contributed by atoms with Crippen molar-refractivity contribution in [3.05, 3.63) is 46.7 Å². The summed E-state index contributed by atoms with van der Waals surface area (Å²) in [4.78, 5) is 16.0. The number of phenols is 2. The number of anilines is 1. The van der Waals surface area contributed by atoms with Gasteiger partial charge in [-0.25, -0.2) is 4.98 Å². The Morgan fingerprint density at radius 3 is 2.63 bits per heavy atom. The van der Waals surface area contributed by atoms with Crippen molar-refractivity contribution in [1.82, 2.24) is 4.98 Å². The van der Waals surface area contributed by atoms with Crippen molar-refractivity contribution in [2.45, 2.75) is 6.92 Å². The first kappa shape index (κ1) is 13.2. The summed E-state index contributed by atoms with van der Waals surface area (Å²) in [5.41, 5.74) is 1.13. The van der Waals surface area contributed by atoms with Gasteiger partial charge in [0.2, 0.25) is 0 Å². The predicted molar refractivity (Wildman–Crippen MR) is 71.7 cm³/mol. The molecule has 6 heteroatoms. The predicted octanol–water partition coefficient (Wildman–Crippen LogP) is 2.71. The fraction of sp³-hybridized carbons (Fsp3) is 0.0769. The molecule has 0 atom stereocenters. The van der Waals surface area contributed by atoms with Crippen molar-refractivity contribution in [3.63, 3.8) is 0 Å². The number of carbonyl (C=O) groups is 1. The van der Waals surface area contributed by atoms with Crippen LogP contribution in [0.1, 0.15) is 16.1 Å². The van der Waals surface area contributed by atoms with Crippen molar-refractivity contribution < 1.29 is 15.0 Å². The second-order valence-corrected chi connectivity index (χ2v) is 4.31. The molecule has 0 fully saturated rings. The van der Waals surface area contributed by atoms with Gasteiger partial charge < -0.3 is 15.5 Å². The number of aromatic nitrogens is 1. The lowest BCUT2D eigenvalue weighted by Crippen LogP contribution is -2.13. The number of nitrogens with zero attached hydrogens (tertiary/aromatic N) is 1. The highest BCUT2D eigenvalue weighted by molar-refractivity contribution is 6.29. The molecule has 19 heavy (non-hydrogen) atoms. The summed E-state index contributed by atoms with van der Waals surface area (Å²) >= 11 is 5.72. The van der Waals surface area contributed by atoms with E-state index in [2.05, 4.69) is 10.3 Å². The van der Waals surface area contributed by atoms with Crippen LogP contribution in [-0.4, -0.2) is 21.1 Å². The Balaban J connectivity index is 2.25. The van der Waals surface area contributed by atoms with Gasteiger partial charge in [-0.1, -0.05) is 11.6 Å². The summed E-state index contributed by atoms with van der Waals surface area (Å²) in [7, 11) is 0. The maximum atomic E-state index is 12.0. The monoisotopic (exact) mass is 278 g/mol. The number of nitrogens with one attached hydrogen (secondary N) is 1. The number of hydrogen-bond donors (Lipinski definition) is 3. The number of phenolic OH excluding ortho intramolecular Hbond substituents is 2. The number of benzene rings is 1. The first-order valence-corrected chi connectivity index (χ1v) is 5.81. The van der Waals surface area contributed by atoms with E-state index >= 15 is 0 Å². The largest absolute Gasteiger partial charge is 0.508 e. The number of pyridine rings is 1. The molecular weight excluding hydrogens is 268 g/mol. The minimum atomic E-state index is -0.496. The Kier molecular flexibility index (Phi) is 3.57. The van der Waals surface area contributed by atoms with E-state index in [1.54, 1.807) is 19.1 Å². The van der Waals surface area contributed by atoms with E-state index in [9.17, 15) is 9.90 Å². The standard InChI is InChI=1S/C13H11ClN2O3/c1-7-10(4-5-12(14)15-7)16-13(19)9-3-2-8(17)6-11(9)18/h2-6,17-18H,1H3,(H,16,19). The van der Waals surface area contributed by atoms with Crippen molar-refractivity contribution in [1.29, 1.82) is 0 Å². The average molecular weight is 279 g/mol. The van der Waals surface area contributed by atoms with Gasteiger partial charge >= 0.3 is 0 Å². The fourth-order valence-electron chi connectivity index (χ4n) is 1.56. The molecule has 0 aliphatic rings. The second-order valence-electron chi connectivity index (χ2n) is 3.92. The minimum absolute atomic E-state index is 0.0622. The van der Waals surface area contributed by atoms with Crippen LogP contribution in [0.25, 0.3) is 0 Å². The van der Waals surface area contributed by atoms with E-state index < -0.39 is 5.91 Å². The molecule has 0 aliphatic carbocycles. The lowest BCUT2D eigenvalue weighted by atomic mass is 10.1. The zero-order chi connectivity index (χ0) is 14.0. The molecule has 3 N–H and O–H groups in total. The number of hydrogen-bond acceptors (Lipinski definition) is 4. The molecule has 0 unspecified atom stereocenters. The van der Waals surface area contributed by atoms with E-state index in [0.717, 1.165) is 6.07 Å². The van der Waals surface area contributed by atoms with E-state index in [-0.39, 0.29) is 17.1 Å². The van der Waals surface area contributed by atoms with Gasteiger partial charge in [0.05, 0.1) is 16.9 Å². The molecule has 1 amide bonds. The van der Waals surface area contributed by atoms with Gasteiger partial charge in [-0.15, -0.1) is 0 Å². The molecule has 2 rings (SSSR count). The van der Waals surface area contributed by atoms with Crippen molar-refractivity contribution >= 4 is 23.2 Å². The summed E-state index contributed by atoms with van der Waals surface area (Å²) < 4.78 is 0. The third kappa shape index (κ3) is 2.95. The van der Waals surface area contributed by atoms with Crippen LogP contribution in [0.5, 0.6) is 11.5 Å². The molecular formula is C13H11ClN2O3. The summed E-state index contributed by atoms with van der Waals surface area (Å²) in [5.74, 6) is -0.903. The third-order valence-electron chi connectivity index (χ3n) is 2.53. The van der Waals surface area contributed by atoms with Crippen LogP contribution in [0.2, 0.25) is 5.15 Å². The number of aromatic hydroxyl groups is 2. The van der Waals surface area contributed by atoms with Gasteiger partial charge in [-0.2, -0.15) is 0 Å². The van der Waals surface area contributed by atoms with Gasteiger partial charge in [-0.3, -0.25) is 4.79 Å². The molecule has 1 heterocycles. The Bertz CT molecular complexity index is 644. The van der Waals surface area contributed by atoms with Crippen LogP contribution in [0.15, 0.2) is 30.3 Å². The summed E-state index contributed by atoms with van der Waals surface area (Å²) in [6, 6.07) is 6.93. The smallest absolute Gasteiger partial charge is 0.259 e. The summed E-state index contributed by atoms with van der Waals surface area (Å²) in [6.07, 6.45) is 0. The Labute approximate surface area is 114 Å². The third-order valence-corrected chi connectivity index (χ3v) is 2.74. The molecule has 0 saturated heterocycles. The van der Waals surface area contributed by atoms with Crippen molar-refractivity contribution in [3.8, 4) is 11.5 Å². The van der Waals surface area contributed by atoms with E-state index in [0.29, 0.717) is 16.5 Å². The number of rotatable bonds is 2. The van der Waals surface area contributed by atoms with E-state index in [1.807, 2.05) is 0 Å².